The standard InChI is InChI=1S/C11H14N4O/c1-7-13-14-11(15(7)2)9-5-4-8(16-3)6-10(9)12/h4-6H,12H2,1-3H3. The Balaban J connectivity index is 2.52. The van der Waals surface area contributed by atoms with E-state index in [0.717, 1.165) is 23.0 Å². The first-order valence-electron chi connectivity index (χ1n) is 4.93. The van der Waals surface area contributed by atoms with Gasteiger partial charge in [-0.3, -0.25) is 0 Å². The summed E-state index contributed by atoms with van der Waals surface area (Å²) >= 11 is 0. The molecule has 1 aromatic carbocycles. The summed E-state index contributed by atoms with van der Waals surface area (Å²) in [6, 6.07) is 5.52. The second-order valence-corrected chi connectivity index (χ2v) is 3.58. The van der Waals surface area contributed by atoms with E-state index in [9.17, 15) is 0 Å². The third-order valence-electron chi connectivity index (χ3n) is 2.59. The van der Waals surface area contributed by atoms with Crippen LogP contribution < -0.4 is 10.5 Å². The lowest BCUT2D eigenvalue weighted by molar-refractivity contribution is 0.415. The Morgan fingerprint density at radius 3 is 2.56 bits per heavy atom. The number of anilines is 1. The van der Waals surface area contributed by atoms with Crippen LogP contribution in [0.2, 0.25) is 0 Å². The van der Waals surface area contributed by atoms with Gasteiger partial charge in [0.25, 0.3) is 0 Å². The molecule has 1 heterocycles. The van der Waals surface area contributed by atoms with Crippen LogP contribution in [0.5, 0.6) is 5.75 Å². The maximum absolute atomic E-state index is 5.95. The van der Waals surface area contributed by atoms with E-state index in [4.69, 9.17) is 10.5 Å². The van der Waals surface area contributed by atoms with Gasteiger partial charge in [-0.2, -0.15) is 0 Å². The SMILES string of the molecule is COc1ccc(-c2nnc(C)n2C)c(N)c1. The Bertz CT molecular complexity index is 519. The van der Waals surface area contributed by atoms with Crippen molar-refractivity contribution in [2.45, 2.75) is 6.92 Å². The van der Waals surface area contributed by atoms with Gasteiger partial charge in [-0.05, 0) is 19.1 Å². The van der Waals surface area contributed by atoms with E-state index in [1.807, 2.05) is 30.7 Å². The molecule has 84 valence electrons. The topological polar surface area (TPSA) is 66.0 Å². The van der Waals surface area contributed by atoms with Gasteiger partial charge in [0.15, 0.2) is 5.82 Å². The van der Waals surface area contributed by atoms with Gasteiger partial charge in [0, 0.05) is 24.4 Å². The van der Waals surface area contributed by atoms with Crippen molar-refractivity contribution >= 4 is 5.69 Å². The number of ether oxygens (including phenoxy) is 1. The summed E-state index contributed by atoms with van der Waals surface area (Å²) in [4.78, 5) is 0. The molecule has 5 nitrogen and oxygen atoms in total. The lowest BCUT2D eigenvalue weighted by atomic mass is 10.1. The predicted molar refractivity (Wildman–Crippen MR) is 62.1 cm³/mol. The molecule has 16 heavy (non-hydrogen) atoms. The van der Waals surface area contributed by atoms with E-state index in [1.54, 1.807) is 13.2 Å². The highest BCUT2D eigenvalue weighted by Crippen LogP contribution is 2.27. The summed E-state index contributed by atoms with van der Waals surface area (Å²) in [5, 5.41) is 8.10. The fourth-order valence-electron chi connectivity index (χ4n) is 1.51. The van der Waals surface area contributed by atoms with E-state index < -0.39 is 0 Å². The highest BCUT2D eigenvalue weighted by molar-refractivity contribution is 5.73. The van der Waals surface area contributed by atoms with Crippen molar-refractivity contribution in [3.8, 4) is 17.1 Å². The molecule has 0 aliphatic heterocycles. The number of hydrogen-bond donors (Lipinski definition) is 1. The molecule has 2 N–H and O–H groups in total. The number of hydrogen-bond acceptors (Lipinski definition) is 4. The van der Waals surface area contributed by atoms with Crippen LogP contribution in [0.3, 0.4) is 0 Å². The van der Waals surface area contributed by atoms with Crippen molar-refractivity contribution in [1.29, 1.82) is 0 Å². The van der Waals surface area contributed by atoms with Crippen molar-refractivity contribution in [3.05, 3.63) is 24.0 Å². The van der Waals surface area contributed by atoms with Crippen LogP contribution in [0, 0.1) is 6.92 Å². The van der Waals surface area contributed by atoms with Gasteiger partial charge in [0.2, 0.25) is 0 Å². The first-order chi connectivity index (χ1) is 7.63. The molecule has 0 saturated carbocycles. The van der Waals surface area contributed by atoms with Gasteiger partial charge in [-0.15, -0.1) is 10.2 Å². The molecular weight excluding hydrogens is 204 g/mol. The highest BCUT2D eigenvalue weighted by atomic mass is 16.5. The van der Waals surface area contributed by atoms with Crippen LogP contribution >= 0.6 is 0 Å². The minimum Gasteiger partial charge on any atom is -0.497 e. The van der Waals surface area contributed by atoms with Gasteiger partial charge in [-0.25, -0.2) is 0 Å². The quantitative estimate of drug-likeness (QED) is 0.773. The monoisotopic (exact) mass is 218 g/mol. The van der Waals surface area contributed by atoms with Gasteiger partial charge in [0.05, 0.1) is 7.11 Å². The molecule has 0 unspecified atom stereocenters. The summed E-state index contributed by atoms with van der Waals surface area (Å²) in [7, 11) is 3.52. The first-order valence-corrected chi connectivity index (χ1v) is 4.93. The molecule has 2 aromatic rings. The number of aromatic nitrogens is 3. The zero-order valence-electron chi connectivity index (χ0n) is 9.56. The molecule has 0 bridgehead atoms. The first kappa shape index (κ1) is 10.5. The van der Waals surface area contributed by atoms with Gasteiger partial charge in [-0.1, -0.05) is 0 Å². The van der Waals surface area contributed by atoms with Gasteiger partial charge >= 0.3 is 0 Å². The molecule has 0 fully saturated rings. The number of benzene rings is 1. The minimum absolute atomic E-state index is 0.634. The van der Waals surface area contributed by atoms with Gasteiger partial charge < -0.3 is 15.0 Å². The van der Waals surface area contributed by atoms with Crippen molar-refractivity contribution in [3.63, 3.8) is 0 Å². The van der Waals surface area contributed by atoms with E-state index in [-0.39, 0.29) is 0 Å². The van der Waals surface area contributed by atoms with Crippen molar-refractivity contribution in [2.75, 3.05) is 12.8 Å². The number of nitrogen functional groups attached to an aromatic ring is 1. The normalized spacial score (nSPS) is 10.4. The smallest absolute Gasteiger partial charge is 0.165 e. The average Bonchev–Trinajstić information content (AvgIpc) is 2.60. The molecule has 0 amide bonds. The predicted octanol–water partition coefficient (Wildman–Crippen LogP) is 1.38. The number of aryl methyl sites for hydroxylation is 1. The van der Waals surface area contributed by atoms with Crippen LogP contribution in [-0.2, 0) is 7.05 Å². The fraction of sp³-hybridized carbons (Fsp3) is 0.273. The van der Waals surface area contributed by atoms with Crippen LogP contribution in [-0.4, -0.2) is 21.9 Å². The molecule has 0 aliphatic rings. The van der Waals surface area contributed by atoms with E-state index >= 15 is 0 Å². The Morgan fingerprint density at radius 1 is 1.31 bits per heavy atom. The fourth-order valence-corrected chi connectivity index (χ4v) is 1.51. The molecular formula is C11H14N4O. The van der Waals surface area contributed by atoms with Crippen LogP contribution in [0.15, 0.2) is 18.2 Å². The Labute approximate surface area is 93.9 Å². The Morgan fingerprint density at radius 2 is 2.06 bits per heavy atom. The van der Waals surface area contributed by atoms with E-state index in [1.165, 1.54) is 0 Å². The molecule has 0 radical (unpaired) electrons. The third-order valence-corrected chi connectivity index (χ3v) is 2.59. The maximum Gasteiger partial charge on any atom is 0.165 e. The summed E-state index contributed by atoms with van der Waals surface area (Å²) in [5.74, 6) is 2.35. The number of methoxy groups -OCH3 is 1. The lowest BCUT2D eigenvalue weighted by Crippen LogP contribution is -1.98. The maximum atomic E-state index is 5.95. The summed E-state index contributed by atoms with van der Waals surface area (Å²) in [6.07, 6.45) is 0. The van der Waals surface area contributed by atoms with E-state index in [2.05, 4.69) is 10.2 Å². The Hall–Kier alpha value is -2.04. The molecule has 0 atom stereocenters. The van der Waals surface area contributed by atoms with Crippen molar-refractivity contribution in [1.82, 2.24) is 14.8 Å². The number of nitrogens with two attached hydrogens (primary N) is 1. The van der Waals surface area contributed by atoms with Crippen LogP contribution in [0.4, 0.5) is 5.69 Å². The van der Waals surface area contributed by atoms with Crippen molar-refractivity contribution in [2.24, 2.45) is 7.05 Å². The molecule has 2 rings (SSSR count). The second kappa shape index (κ2) is 3.84. The summed E-state index contributed by atoms with van der Waals surface area (Å²) in [6.45, 7) is 1.90. The molecule has 0 saturated heterocycles. The lowest BCUT2D eigenvalue weighted by Gasteiger charge is -2.07. The summed E-state index contributed by atoms with van der Waals surface area (Å²) in [5.41, 5.74) is 7.44. The van der Waals surface area contributed by atoms with Crippen LogP contribution in [0.1, 0.15) is 5.82 Å². The second-order valence-electron chi connectivity index (χ2n) is 3.58. The Kier molecular flexibility index (Phi) is 2.52. The molecule has 1 aromatic heterocycles. The van der Waals surface area contributed by atoms with Crippen LogP contribution in [0.25, 0.3) is 11.4 Å². The zero-order chi connectivity index (χ0) is 11.7. The minimum atomic E-state index is 0.634. The largest absolute Gasteiger partial charge is 0.497 e. The average molecular weight is 218 g/mol. The highest BCUT2D eigenvalue weighted by Gasteiger charge is 2.11. The number of rotatable bonds is 2. The van der Waals surface area contributed by atoms with E-state index in [0.29, 0.717) is 5.69 Å². The van der Waals surface area contributed by atoms with Gasteiger partial charge in [0.1, 0.15) is 11.6 Å². The molecule has 0 aliphatic carbocycles. The van der Waals surface area contributed by atoms with Crippen molar-refractivity contribution < 1.29 is 4.74 Å². The zero-order valence-corrected chi connectivity index (χ0v) is 9.56. The number of nitrogens with zero attached hydrogens (tertiary/aromatic N) is 3. The summed E-state index contributed by atoms with van der Waals surface area (Å²) < 4.78 is 7.00. The molecule has 0 spiro atoms. The molecule has 5 heteroatoms. The third kappa shape index (κ3) is 1.60.